The summed E-state index contributed by atoms with van der Waals surface area (Å²) >= 11 is 5.94. The highest BCUT2D eigenvalue weighted by Crippen LogP contribution is 2.33. The first kappa shape index (κ1) is 13.0. The summed E-state index contributed by atoms with van der Waals surface area (Å²) in [5.74, 6) is 0. The molecule has 2 aromatic carbocycles. The number of aryl methyl sites for hydroxylation is 1. The fourth-order valence-corrected chi connectivity index (χ4v) is 3.00. The van der Waals surface area contributed by atoms with E-state index in [1.807, 2.05) is 12.1 Å². The van der Waals surface area contributed by atoms with Crippen molar-refractivity contribution in [2.75, 3.05) is 5.32 Å². The summed E-state index contributed by atoms with van der Waals surface area (Å²) in [5.41, 5.74) is 4.21. The van der Waals surface area contributed by atoms with Gasteiger partial charge in [0.15, 0.2) is 0 Å². The Kier molecular flexibility index (Phi) is 3.62. The van der Waals surface area contributed by atoms with E-state index in [9.17, 15) is 5.26 Å². The van der Waals surface area contributed by atoms with Crippen molar-refractivity contribution in [3.8, 4) is 6.07 Å². The summed E-state index contributed by atoms with van der Waals surface area (Å²) in [7, 11) is 0. The first-order valence-electron chi connectivity index (χ1n) is 6.82. The fourth-order valence-electron chi connectivity index (χ4n) is 2.83. The van der Waals surface area contributed by atoms with Crippen LogP contribution in [0, 0.1) is 11.3 Å². The fraction of sp³-hybridized carbons (Fsp3) is 0.235. The lowest BCUT2D eigenvalue weighted by atomic mass is 9.87. The van der Waals surface area contributed by atoms with E-state index in [-0.39, 0.29) is 6.04 Å². The summed E-state index contributed by atoms with van der Waals surface area (Å²) in [6.45, 7) is 0. The maximum absolute atomic E-state index is 9.22. The molecule has 0 saturated heterocycles. The molecular weight excluding hydrogens is 268 g/mol. The zero-order chi connectivity index (χ0) is 13.9. The van der Waals surface area contributed by atoms with Gasteiger partial charge in [-0.25, -0.2) is 0 Å². The smallest absolute Gasteiger partial charge is 0.101 e. The van der Waals surface area contributed by atoms with Crippen LogP contribution in [0.15, 0.2) is 42.5 Å². The van der Waals surface area contributed by atoms with Gasteiger partial charge >= 0.3 is 0 Å². The molecule has 0 radical (unpaired) electrons. The second kappa shape index (κ2) is 5.56. The number of nitriles is 1. The highest BCUT2D eigenvalue weighted by atomic mass is 35.5. The van der Waals surface area contributed by atoms with Gasteiger partial charge < -0.3 is 5.32 Å². The standard InChI is InChI=1S/C17H15ClN2/c18-14-8-9-16(13(10-14)11-19)20-17-7-3-5-12-4-1-2-6-15(12)17/h1-2,4,6,8-10,17,20H,3,5,7H2. The monoisotopic (exact) mass is 282 g/mol. The van der Waals surface area contributed by atoms with Crippen LogP contribution in [0.1, 0.15) is 35.6 Å². The molecule has 0 aromatic heterocycles. The second-order valence-electron chi connectivity index (χ2n) is 5.09. The van der Waals surface area contributed by atoms with Crippen molar-refractivity contribution < 1.29 is 0 Å². The highest BCUT2D eigenvalue weighted by molar-refractivity contribution is 6.30. The van der Waals surface area contributed by atoms with Crippen molar-refractivity contribution >= 4 is 17.3 Å². The molecular formula is C17H15ClN2. The van der Waals surface area contributed by atoms with E-state index in [1.165, 1.54) is 17.5 Å². The summed E-state index contributed by atoms with van der Waals surface area (Å²) in [4.78, 5) is 0. The Bertz CT molecular complexity index is 673. The third-order valence-corrected chi connectivity index (χ3v) is 4.04. The Hall–Kier alpha value is -1.98. The minimum absolute atomic E-state index is 0.272. The van der Waals surface area contributed by atoms with Crippen LogP contribution < -0.4 is 5.32 Å². The van der Waals surface area contributed by atoms with Crippen LogP contribution in [-0.2, 0) is 6.42 Å². The quantitative estimate of drug-likeness (QED) is 0.866. The van der Waals surface area contributed by atoms with Crippen molar-refractivity contribution in [1.82, 2.24) is 0 Å². The number of benzene rings is 2. The number of anilines is 1. The molecule has 2 nitrogen and oxygen atoms in total. The Morgan fingerprint density at radius 2 is 2.05 bits per heavy atom. The number of rotatable bonds is 2. The zero-order valence-corrected chi connectivity index (χ0v) is 11.8. The lowest BCUT2D eigenvalue weighted by molar-refractivity contribution is 0.600. The lowest BCUT2D eigenvalue weighted by Gasteiger charge is -2.27. The van der Waals surface area contributed by atoms with Crippen LogP contribution >= 0.6 is 11.6 Å². The Morgan fingerprint density at radius 1 is 1.20 bits per heavy atom. The summed E-state index contributed by atoms with van der Waals surface area (Å²) in [6, 6.07) is 16.4. The largest absolute Gasteiger partial charge is 0.377 e. The van der Waals surface area contributed by atoms with Gasteiger partial charge in [-0.05, 0) is 48.6 Å². The molecule has 0 fully saturated rings. The molecule has 2 aromatic rings. The molecule has 0 heterocycles. The first-order chi connectivity index (χ1) is 9.78. The van der Waals surface area contributed by atoms with Crippen molar-refractivity contribution in [2.24, 2.45) is 0 Å². The summed E-state index contributed by atoms with van der Waals surface area (Å²) < 4.78 is 0. The Balaban J connectivity index is 1.92. The van der Waals surface area contributed by atoms with Gasteiger partial charge in [0.05, 0.1) is 17.3 Å². The van der Waals surface area contributed by atoms with Gasteiger partial charge in [0.2, 0.25) is 0 Å². The van der Waals surface area contributed by atoms with Gasteiger partial charge in [-0.3, -0.25) is 0 Å². The number of hydrogen-bond donors (Lipinski definition) is 1. The molecule has 1 unspecified atom stereocenters. The first-order valence-corrected chi connectivity index (χ1v) is 7.20. The minimum atomic E-state index is 0.272. The van der Waals surface area contributed by atoms with E-state index in [0.717, 1.165) is 18.5 Å². The summed E-state index contributed by atoms with van der Waals surface area (Å²) in [6.07, 6.45) is 3.40. The second-order valence-corrected chi connectivity index (χ2v) is 5.53. The van der Waals surface area contributed by atoms with Gasteiger partial charge in [0.1, 0.15) is 6.07 Å². The Labute approximate surface area is 124 Å². The number of halogens is 1. The molecule has 0 spiro atoms. The molecule has 0 amide bonds. The molecule has 100 valence electrons. The van der Waals surface area contributed by atoms with E-state index in [2.05, 4.69) is 35.7 Å². The molecule has 0 bridgehead atoms. The zero-order valence-electron chi connectivity index (χ0n) is 11.1. The number of hydrogen-bond acceptors (Lipinski definition) is 2. The van der Waals surface area contributed by atoms with Crippen LogP contribution in [0.4, 0.5) is 5.69 Å². The number of nitrogens with one attached hydrogen (secondary N) is 1. The van der Waals surface area contributed by atoms with Crippen molar-refractivity contribution in [2.45, 2.75) is 25.3 Å². The molecule has 1 N–H and O–H groups in total. The van der Waals surface area contributed by atoms with E-state index in [0.29, 0.717) is 10.6 Å². The predicted molar refractivity (Wildman–Crippen MR) is 81.9 cm³/mol. The van der Waals surface area contributed by atoms with Crippen molar-refractivity contribution in [3.63, 3.8) is 0 Å². The average Bonchev–Trinajstić information content (AvgIpc) is 2.49. The topological polar surface area (TPSA) is 35.8 Å². The maximum atomic E-state index is 9.22. The van der Waals surface area contributed by atoms with Gasteiger partial charge in [0.25, 0.3) is 0 Å². The van der Waals surface area contributed by atoms with Crippen molar-refractivity contribution in [1.29, 1.82) is 5.26 Å². The predicted octanol–water partition coefficient (Wildman–Crippen LogP) is 4.70. The van der Waals surface area contributed by atoms with Crippen LogP contribution in [0.3, 0.4) is 0 Å². The molecule has 20 heavy (non-hydrogen) atoms. The van der Waals surface area contributed by atoms with Gasteiger partial charge in [-0.2, -0.15) is 5.26 Å². The maximum Gasteiger partial charge on any atom is 0.101 e. The number of fused-ring (bicyclic) bond motifs is 1. The van der Waals surface area contributed by atoms with Gasteiger partial charge in [0, 0.05) is 5.02 Å². The molecule has 0 aliphatic heterocycles. The molecule has 1 atom stereocenters. The SMILES string of the molecule is N#Cc1cc(Cl)ccc1NC1CCCc2ccccc21. The van der Waals surface area contributed by atoms with Crippen molar-refractivity contribution in [3.05, 3.63) is 64.2 Å². The van der Waals surface area contributed by atoms with Crippen LogP contribution in [-0.4, -0.2) is 0 Å². The van der Waals surface area contributed by atoms with E-state index < -0.39 is 0 Å². The van der Waals surface area contributed by atoms with Gasteiger partial charge in [-0.1, -0.05) is 35.9 Å². The van der Waals surface area contributed by atoms with E-state index in [4.69, 9.17) is 11.6 Å². The highest BCUT2D eigenvalue weighted by Gasteiger charge is 2.20. The molecule has 3 heteroatoms. The summed E-state index contributed by atoms with van der Waals surface area (Å²) in [5, 5.41) is 13.3. The average molecular weight is 283 g/mol. The van der Waals surface area contributed by atoms with Gasteiger partial charge in [-0.15, -0.1) is 0 Å². The molecule has 3 rings (SSSR count). The molecule has 1 aliphatic carbocycles. The number of nitrogens with zero attached hydrogens (tertiary/aromatic N) is 1. The third-order valence-electron chi connectivity index (χ3n) is 3.80. The Morgan fingerprint density at radius 3 is 2.90 bits per heavy atom. The van der Waals surface area contributed by atoms with Crippen LogP contribution in [0.25, 0.3) is 0 Å². The van der Waals surface area contributed by atoms with E-state index >= 15 is 0 Å². The minimum Gasteiger partial charge on any atom is -0.377 e. The lowest BCUT2D eigenvalue weighted by Crippen LogP contribution is -2.17. The van der Waals surface area contributed by atoms with Crippen LogP contribution in [0.2, 0.25) is 5.02 Å². The third kappa shape index (κ3) is 2.50. The molecule has 1 aliphatic rings. The normalized spacial score (nSPS) is 17.1. The van der Waals surface area contributed by atoms with E-state index in [1.54, 1.807) is 6.07 Å². The van der Waals surface area contributed by atoms with Crippen LogP contribution in [0.5, 0.6) is 0 Å². The molecule has 0 saturated carbocycles.